The zero-order valence-corrected chi connectivity index (χ0v) is 47.4. The van der Waals surface area contributed by atoms with Gasteiger partial charge in [0.25, 0.3) is 0 Å². The number of ketones is 8. The van der Waals surface area contributed by atoms with E-state index in [1.165, 1.54) is 27.7 Å². The molecule has 0 saturated heterocycles. The lowest BCUT2D eigenvalue weighted by Crippen LogP contribution is -2.33. The zero-order valence-electron chi connectivity index (χ0n) is 47.4. The number of nitrogens with zero attached hydrogens (tertiary/aromatic N) is 14. The highest BCUT2D eigenvalue weighted by atomic mass is 16.5. The summed E-state index contributed by atoms with van der Waals surface area (Å²) in [6, 6.07) is 0. The van der Waals surface area contributed by atoms with Crippen LogP contribution in [0, 0.1) is 13.8 Å². The number of rotatable bonds is 3. The fourth-order valence-corrected chi connectivity index (χ4v) is 12.8. The lowest BCUT2D eigenvalue weighted by molar-refractivity contribution is -0.147. The third kappa shape index (κ3) is 8.07. The molecule has 5 aliphatic heterocycles. The molecule has 9 aliphatic rings. The van der Waals surface area contributed by atoms with Gasteiger partial charge >= 0.3 is 11.9 Å². The maximum absolute atomic E-state index is 13.0. The summed E-state index contributed by atoms with van der Waals surface area (Å²) in [6.07, 6.45) is 5.40. The van der Waals surface area contributed by atoms with Crippen LogP contribution in [0.3, 0.4) is 0 Å². The van der Waals surface area contributed by atoms with Crippen molar-refractivity contribution in [2.24, 2.45) is 14.1 Å². The van der Waals surface area contributed by atoms with E-state index in [1.807, 2.05) is 13.7 Å². The number of hydrogen-bond donors (Lipinski definition) is 1. The molecule has 4 aliphatic carbocycles. The molecule has 0 fully saturated rings. The molecule has 28 nitrogen and oxygen atoms in total. The molecule has 2 atom stereocenters. The number of amides is 1. The first kappa shape index (κ1) is 54.2. The van der Waals surface area contributed by atoms with Crippen molar-refractivity contribution >= 4 is 64.1 Å². The molecular formula is C57H53N15O13. The van der Waals surface area contributed by atoms with Gasteiger partial charge in [0.2, 0.25) is 52.2 Å². The Morgan fingerprint density at radius 1 is 0.412 bits per heavy atom. The molecule has 16 rings (SSSR count). The van der Waals surface area contributed by atoms with Crippen LogP contribution in [-0.4, -0.2) is 131 Å². The minimum atomic E-state index is -0.566. The number of aryl methyl sites for hydroxylation is 5. The molecule has 0 saturated carbocycles. The van der Waals surface area contributed by atoms with Crippen molar-refractivity contribution in [2.75, 3.05) is 0 Å². The Morgan fingerprint density at radius 2 is 0.741 bits per heavy atom. The van der Waals surface area contributed by atoms with Crippen molar-refractivity contribution in [1.29, 1.82) is 0 Å². The molecule has 434 valence electrons. The monoisotopic (exact) mass is 1160 g/mol. The van der Waals surface area contributed by atoms with E-state index in [-0.39, 0.29) is 85.9 Å². The van der Waals surface area contributed by atoms with Crippen LogP contribution >= 0.6 is 0 Å². The van der Waals surface area contributed by atoms with Gasteiger partial charge in [-0.3, -0.25) is 52.7 Å². The fraction of sp³-hybridized carbons (Fsp3) is 0.404. The minimum Gasteiger partial charge on any atom is -0.454 e. The number of carbonyl (C=O) groups excluding carboxylic acids is 11. The number of aromatic nitrogens is 14. The summed E-state index contributed by atoms with van der Waals surface area (Å²) in [5, 5.41) is 2.40. The van der Waals surface area contributed by atoms with Crippen molar-refractivity contribution < 1.29 is 62.2 Å². The normalized spacial score (nSPS) is 18.5. The standard InChI is InChI=1S/C16H14N4O4.C15H15N3O5.C14H12N4O2.C12H12N4O2/c1-7(21)24-8-4-6-20-13-11(18-16(8)20)14(22)10-12(15(13)23)19-5-2-3-9(19)17-10;1-6-10(16-7(2)19)14(22)11-12(13(6)21)18-5-4-9(15(18)17-11)23-8(3)20;19-13-9-11(17-5-1-3-7(17)15-9)14(20)12-10(13)16-8-4-2-6-18(8)12;1-5-13-7-9(15(5)3)12(18)10-8(11(7)17)14-6(2)16(10)4/h8H,2-6H2,1H3;9H,4-5H2,1-3H3,(H,16,19);1-6H2;1-4H3. The number of nitrogens with one attached hydrogen (secondary N) is 1. The largest absolute Gasteiger partial charge is 0.454 e. The topological polar surface area (TPSA) is 343 Å². The quantitative estimate of drug-likeness (QED) is 0.249. The number of Topliss-reactive ketones (excluding diaryl/α,β-unsaturated/α-hetero) is 2. The number of ether oxygens (including phenoxy) is 2. The van der Waals surface area contributed by atoms with Gasteiger partial charge in [-0.25, -0.2) is 34.9 Å². The Kier molecular flexibility index (Phi) is 12.5. The van der Waals surface area contributed by atoms with E-state index in [0.717, 1.165) is 69.1 Å². The molecule has 1 amide bonds. The SMILES string of the molecule is CC(=O)NC1=C(C)C(=O)c2c(nc3n2CCC3OC(C)=O)C1=O.CC(=O)OC1CCn2c1nc1c2C(=O)c2c(nc3n2CCC3)C1=O.Cc1nc2c(n1C)C(=O)c1c(nc(C)n1C)C2=O.O=C1c2nc3n(c2C(=O)c2c1nc1n2CCC1)CCC3. The summed E-state index contributed by atoms with van der Waals surface area (Å²) < 4.78 is 22.8. The average molecular weight is 1160 g/mol. The third-order valence-electron chi connectivity index (χ3n) is 16.8. The molecule has 2 unspecified atom stereocenters. The van der Waals surface area contributed by atoms with Crippen molar-refractivity contribution in [3.8, 4) is 0 Å². The molecule has 7 aromatic heterocycles. The van der Waals surface area contributed by atoms with Gasteiger partial charge in [-0.1, -0.05) is 0 Å². The van der Waals surface area contributed by atoms with E-state index < -0.39 is 35.8 Å². The van der Waals surface area contributed by atoms with E-state index in [9.17, 15) is 52.7 Å². The molecule has 12 heterocycles. The molecule has 0 radical (unpaired) electrons. The van der Waals surface area contributed by atoms with E-state index >= 15 is 0 Å². The lowest BCUT2D eigenvalue weighted by Gasteiger charge is -2.16. The third-order valence-corrected chi connectivity index (χ3v) is 16.8. The van der Waals surface area contributed by atoms with Crippen LogP contribution in [0.2, 0.25) is 0 Å². The second-order valence-electron chi connectivity index (χ2n) is 22.0. The van der Waals surface area contributed by atoms with Crippen LogP contribution in [0.5, 0.6) is 0 Å². The van der Waals surface area contributed by atoms with Crippen LogP contribution in [-0.2, 0) is 89.9 Å². The van der Waals surface area contributed by atoms with Gasteiger partial charge in [0.05, 0.1) is 5.70 Å². The molecule has 1 N–H and O–H groups in total. The van der Waals surface area contributed by atoms with Gasteiger partial charge in [-0.2, -0.15) is 0 Å². The smallest absolute Gasteiger partial charge is 0.303 e. The van der Waals surface area contributed by atoms with E-state index in [0.29, 0.717) is 101 Å². The molecule has 85 heavy (non-hydrogen) atoms. The summed E-state index contributed by atoms with van der Waals surface area (Å²) in [5.74, 6) is 1.30. The number of carbonyl (C=O) groups is 11. The molecule has 0 aromatic carbocycles. The Bertz CT molecular complexity index is 4260. The van der Waals surface area contributed by atoms with Gasteiger partial charge in [0, 0.05) is 105 Å². The van der Waals surface area contributed by atoms with Crippen LogP contribution in [0.25, 0.3) is 0 Å². The summed E-state index contributed by atoms with van der Waals surface area (Å²) >= 11 is 0. The summed E-state index contributed by atoms with van der Waals surface area (Å²) in [7, 11) is 3.47. The highest BCUT2D eigenvalue weighted by Gasteiger charge is 2.46. The van der Waals surface area contributed by atoms with Crippen molar-refractivity contribution in [3.63, 3.8) is 0 Å². The van der Waals surface area contributed by atoms with E-state index in [4.69, 9.17) is 9.47 Å². The lowest BCUT2D eigenvalue weighted by atomic mass is 9.95. The van der Waals surface area contributed by atoms with Gasteiger partial charge < -0.3 is 46.8 Å². The first-order chi connectivity index (χ1) is 40.6. The van der Waals surface area contributed by atoms with Gasteiger partial charge in [-0.05, 0) is 40.0 Å². The van der Waals surface area contributed by atoms with Gasteiger partial charge in [0.1, 0.15) is 109 Å². The Balaban J connectivity index is 0.000000106. The van der Waals surface area contributed by atoms with Crippen LogP contribution in [0.4, 0.5) is 0 Å². The summed E-state index contributed by atoms with van der Waals surface area (Å²) in [4.78, 5) is 165. The molecule has 0 bridgehead atoms. The maximum Gasteiger partial charge on any atom is 0.303 e. The number of esters is 2. The van der Waals surface area contributed by atoms with Crippen molar-refractivity contribution in [2.45, 2.75) is 138 Å². The Labute approximate surface area is 480 Å². The zero-order chi connectivity index (χ0) is 60.1. The fourth-order valence-electron chi connectivity index (χ4n) is 12.8. The second-order valence-corrected chi connectivity index (χ2v) is 22.0. The van der Waals surface area contributed by atoms with E-state index in [2.05, 4.69) is 40.2 Å². The second kappa shape index (κ2) is 19.5. The average Bonchev–Trinajstić information content (AvgIpc) is 1.70. The number of fused-ring (bicyclic) bond motifs is 17. The van der Waals surface area contributed by atoms with Gasteiger partial charge in [-0.15, -0.1) is 0 Å². The molecule has 0 spiro atoms. The Morgan fingerprint density at radius 3 is 1.12 bits per heavy atom. The number of imidazole rings is 7. The Hall–Kier alpha value is -10.0. The predicted octanol–water partition coefficient (Wildman–Crippen LogP) is 2.78. The predicted molar refractivity (Wildman–Crippen MR) is 286 cm³/mol. The number of allylic oxidation sites excluding steroid dienone is 2. The van der Waals surface area contributed by atoms with Crippen molar-refractivity contribution in [1.82, 2.24) is 72.2 Å². The van der Waals surface area contributed by atoms with Crippen LogP contribution in [0.1, 0.15) is 231 Å². The summed E-state index contributed by atoms with van der Waals surface area (Å²) in [6.45, 7) is 12.1. The molecule has 7 aromatic rings. The highest BCUT2D eigenvalue weighted by Crippen LogP contribution is 2.39. The van der Waals surface area contributed by atoms with Crippen LogP contribution in [0.15, 0.2) is 11.3 Å². The van der Waals surface area contributed by atoms with Crippen molar-refractivity contribution in [3.05, 3.63) is 132 Å². The molecule has 28 heteroatoms. The van der Waals surface area contributed by atoms with E-state index in [1.54, 1.807) is 46.2 Å². The highest BCUT2D eigenvalue weighted by molar-refractivity contribution is 6.28. The minimum absolute atomic E-state index is 0.00352. The first-order valence-corrected chi connectivity index (χ1v) is 27.8. The number of hydrogen-bond acceptors (Lipinski definition) is 20. The maximum atomic E-state index is 13.0. The first-order valence-electron chi connectivity index (χ1n) is 27.8. The van der Waals surface area contributed by atoms with Crippen LogP contribution < -0.4 is 5.32 Å². The molecular weight excluding hydrogens is 1100 g/mol. The summed E-state index contributed by atoms with van der Waals surface area (Å²) in [5.41, 5.74) is 4.12. The van der Waals surface area contributed by atoms with Gasteiger partial charge in [0.15, 0.2) is 23.9 Å².